The normalized spacial score (nSPS) is 26.1. The van der Waals surface area contributed by atoms with Crippen molar-refractivity contribution in [3.63, 3.8) is 0 Å². The van der Waals surface area contributed by atoms with Gasteiger partial charge in [-0.15, -0.1) is 0 Å². The van der Waals surface area contributed by atoms with Crippen LogP contribution in [0.1, 0.15) is 17.2 Å². The number of rotatable bonds is 2. The van der Waals surface area contributed by atoms with E-state index >= 15 is 0 Å². The molecule has 1 spiro atoms. The molecule has 4 rings (SSSR count). The first-order chi connectivity index (χ1) is 10.2. The summed E-state index contributed by atoms with van der Waals surface area (Å²) in [6.07, 6.45) is -0.244. The van der Waals surface area contributed by atoms with Gasteiger partial charge >= 0.3 is 0 Å². The minimum atomic E-state index is -0.849. The molecule has 2 aromatic carbocycles. The molecule has 0 aliphatic carbocycles. The smallest absolute Gasteiger partial charge is 0.266 e. The van der Waals surface area contributed by atoms with Crippen LogP contribution < -0.4 is 9.64 Å². The van der Waals surface area contributed by atoms with E-state index in [-0.39, 0.29) is 12.0 Å². The lowest BCUT2D eigenvalue weighted by Crippen LogP contribution is -2.29. The molecule has 0 bridgehead atoms. The summed E-state index contributed by atoms with van der Waals surface area (Å²) in [5.41, 5.74) is 1.99. The molecule has 0 aromatic heterocycles. The molecule has 2 aliphatic heterocycles. The molecule has 1 fully saturated rings. The predicted octanol–water partition coefficient (Wildman–Crippen LogP) is 2.64. The van der Waals surface area contributed by atoms with Crippen molar-refractivity contribution in [1.82, 2.24) is 0 Å². The van der Waals surface area contributed by atoms with Gasteiger partial charge in [-0.3, -0.25) is 4.79 Å². The summed E-state index contributed by atoms with van der Waals surface area (Å²) in [7, 11) is 3.42. The highest BCUT2D eigenvalue weighted by Crippen LogP contribution is 2.63. The van der Waals surface area contributed by atoms with E-state index in [1.165, 1.54) is 0 Å². The number of carbonyl (C=O) groups excluding carboxylic acids is 1. The van der Waals surface area contributed by atoms with Crippen LogP contribution in [0.2, 0.25) is 0 Å². The number of amides is 1. The van der Waals surface area contributed by atoms with E-state index in [1.54, 1.807) is 19.1 Å². The number of hydrogen-bond donors (Lipinski definition) is 0. The third kappa shape index (κ3) is 1.51. The third-order valence-corrected chi connectivity index (χ3v) is 4.30. The molecule has 21 heavy (non-hydrogen) atoms. The monoisotopic (exact) mass is 281 g/mol. The second-order valence-corrected chi connectivity index (χ2v) is 5.39. The number of ether oxygens (including phenoxy) is 2. The maximum atomic E-state index is 12.7. The number of benzene rings is 2. The van der Waals surface area contributed by atoms with Gasteiger partial charge in [0.25, 0.3) is 5.91 Å². The SMILES string of the molecule is COc1cccc([C@H]2O[C@]23C(=O)N(C)c2ccccc23)c1. The first-order valence-electron chi connectivity index (χ1n) is 6.88. The standard InChI is InChI=1S/C17H15NO3/c1-18-14-9-4-3-8-13(14)17(16(18)19)15(21-17)11-6-5-7-12(10-11)20-2/h3-10,15H,1-2H3/t15-,17+/m1/s1. The number of likely N-dealkylation sites (N-methyl/N-ethyl adjacent to an activating group) is 1. The lowest BCUT2D eigenvalue weighted by atomic mass is 9.93. The Morgan fingerprint density at radius 2 is 2.00 bits per heavy atom. The second kappa shape index (κ2) is 4.09. The fourth-order valence-electron chi connectivity index (χ4n) is 3.18. The molecule has 0 unspecified atom stereocenters. The molecule has 2 heterocycles. The van der Waals surface area contributed by atoms with Gasteiger partial charge in [-0.2, -0.15) is 0 Å². The summed E-state index contributed by atoms with van der Waals surface area (Å²) in [6, 6.07) is 15.5. The molecule has 1 saturated heterocycles. The van der Waals surface area contributed by atoms with Gasteiger partial charge in [-0.1, -0.05) is 30.3 Å². The lowest BCUT2D eigenvalue weighted by molar-refractivity contribution is -0.122. The van der Waals surface area contributed by atoms with Gasteiger partial charge in [-0.25, -0.2) is 0 Å². The Morgan fingerprint density at radius 3 is 2.81 bits per heavy atom. The fourth-order valence-corrected chi connectivity index (χ4v) is 3.18. The zero-order valence-electron chi connectivity index (χ0n) is 11.9. The lowest BCUT2D eigenvalue weighted by Gasteiger charge is -2.08. The average Bonchev–Trinajstić information content (AvgIpc) is 3.26. The van der Waals surface area contributed by atoms with Gasteiger partial charge < -0.3 is 14.4 Å². The number of nitrogens with zero attached hydrogens (tertiary/aromatic N) is 1. The Morgan fingerprint density at radius 1 is 1.19 bits per heavy atom. The second-order valence-electron chi connectivity index (χ2n) is 5.39. The van der Waals surface area contributed by atoms with Crippen LogP contribution in [-0.2, 0) is 15.1 Å². The van der Waals surface area contributed by atoms with E-state index in [0.29, 0.717) is 0 Å². The highest BCUT2D eigenvalue weighted by atomic mass is 16.6. The van der Waals surface area contributed by atoms with E-state index in [9.17, 15) is 4.79 Å². The molecular weight excluding hydrogens is 266 g/mol. The van der Waals surface area contributed by atoms with Crippen molar-refractivity contribution < 1.29 is 14.3 Å². The number of methoxy groups -OCH3 is 1. The average molecular weight is 281 g/mol. The van der Waals surface area contributed by atoms with Crippen molar-refractivity contribution in [2.75, 3.05) is 19.1 Å². The quantitative estimate of drug-likeness (QED) is 0.795. The van der Waals surface area contributed by atoms with E-state index in [0.717, 1.165) is 22.6 Å². The van der Waals surface area contributed by atoms with Crippen LogP contribution in [-0.4, -0.2) is 20.1 Å². The van der Waals surface area contributed by atoms with Crippen molar-refractivity contribution in [2.24, 2.45) is 0 Å². The van der Waals surface area contributed by atoms with Gasteiger partial charge in [0.05, 0.1) is 12.8 Å². The molecule has 4 heteroatoms. The van der Waals surface area contributed by atoms with Crippen LogP contribution in [0.15, 0.2) is 48.5 Å². The highest BCUT2D eigenvalue weighted by Gasteiger charge is 2.69. The predicted molar refractivity (Wildman–Crippen MR) is 78.4 cm³/mol. The number of carbonyl (C=O) groups is 1. The summed E-state index contributed by atoms with van der Waals surface area (Å²) < 4.78 is 11.2. The summed E-state index contributed by atoms with van der Waals surface area (Å²) in [5.74, 6) is 0.766. The van der Waals surface area contributed by atoms with Crippen LogP contribution >= 0.6 is 0 Å². The van der Waals surface area contributed by atoms with Gasteiger partial charge in [0.1, 0.15) is 11.9 Å². The van der Waals surface area contributed by atoms with Crippen molar-refractivity contribution in [3.8, 4) is 5.75 Å². The van der Waals surface area contributed by atoms with Gasteiger partial charge in [0.15, 0.2) is 0 Å². The first-order valence-corrected chi connectivity index (χ1v) is 6.88. The molecule has 2 aromatic rings. The Bertz CT molecular complexity index is 742. The zero-order valence-corrected chi connectivity index (χ0v) is 11.9. The minimum absolute atomic E-state index is 0.00322. The molecule has 0 N–H and O–H groups in total. The van der Waals surface area contributed by atoms with Crippen LogP contribution in [0.5, 0.6) is 5.75 Å². The van der Waals surface area contributed by atoms with Crippen LogP contribution in [0.25, 0.3) is 0 Å². The van der Waals surface area contributed by atoms with Gasteiger partial charge in [-0.05, 0) is 23.8 Å². The maximum absolute atomic E-state index is 12.7. The minimum Gasteiger partial charge on any atom is -0.497 e. The van der Waals surface area contributed by atoms with Crippen molar-refractivity contribution in [1.29, 1.82) is 0 Å². The van der Waals surface area contributed by atoms with Crippen LogP contribution in [0.4, 0.5) is 5.69 Å². The maximum Gasteiger partial charge on any atom is 0.266 e. The van der Waals surface area contributed by atoms with Gasteiger partial charge in [0.2, 0.25) is 5.60 Å². The summed E-state index contributed by atoms with van der Waals surface area (Å²) >= 11 is 0. The zero-order chi connectivity index (χ0) is 14.6. The summed E-state index contributed by atoms with van der Waals surface area (Å²) in [6.45, 7) is 0. The number of fused-ring (bicyclic) bond motifs is 2. The topological polar surface area (TPSA) is 42.1 Å². The molecule has 2 aliphatic rings. The molecule has 4 nitrogen and oxygen atoms in total. The number of para-hydroxylation sites is 1. The van der Waals surface area contributed by atoms with E-state index < -0.39 is 5.60 Å². The Labute approximate surface area is 122 Å². The van der Waals surface area contributed by atoms with E-state index in [2.05, 4.69) is 0 Å². The Kier molecular flexibility index (Phi) is 2.41. The molecule has 106 valence electrons. The van der Waals surface area contributed by atoms with Crippen LogP contribution in [0.3, 0.4) is 0 Å². The Balaban J connectivity index is 1.79. The van der Waals surface area contributed by atoms with Crippen LogP contribution in [0, 0.1) is 0 Å². The Hall–Kier alpha value is -2.33. The molecule has 2 atom stereocenters. The summed E-state index contributed by atoms with van der Waals surface area (Å²) in [4.78, 5) is 14.3. The molecule has 0 saturated carbocycles. The fraction of sp³-hybridized carbons (Fsp3) is 0.235. The van der Waals surface area contributed by atoms with Crippen molar-refractivity contribution in [3.05, 3.63) is 59.7 Å². The molecule has 1 amide bonds. The number of epoxide rings is 1. The van der Waals surface area contributed by atoms with Gasteiger partial charge in [0, 0.05) is 12.6 Å². The molecular formula is C17H15NO3. The molecule has 0 radical (unpaired) electrons. The first kappa shape index (κ1) is 12.4. The third-order valence-electron chi connectivity index (χ3n) is 4.30. The van der Waals surface area contributed by atoms with E-state index in [1.807, 2.05) is 48.5 Å². The number of anilines is 1. The van der Waals surface area contributed by atoms with E-state index in [4.69, 9.17) is 9.47 Å². The highest BCUT2D eigenvalue weighted by molar-refractivity contribution is 6.09. The van der Waals surface area contributed by atoms with Crippen molar-refractivity contribution >= 4 is 11.6 Å². The van der Waals surface area contributed by atoms with Crippen molar-refractivity contribution in [2.45, 2.75) is 11.7 Å². The number of hydrogen-bond acceptors (Lipinski definition) is 3. The largest absolute Gasteiger partial charge is 0.497 e. The summed E-state index contributed by atoms with van der Waals surface area (Å²) in [5, 5.41) is 0.